The van der Waals surface area contributed by atoms with Crippen molar-refractivity contribution in [2.45, 2.75) is 25.9 Å². The van der Waals surface area contributed by atoms with Crippen LogP contribution in [0.4, 0.5) is 11.4 Å². The molecule has 160 valence electrons. The summed E-state index contributed by atoms with van der Waals surface area (Å²) in [5.74, 6) is -0.296. The number of nitrogens with one attached hydrogen (secondary N) is 1. The molecule has 2 amide bonds. The van der Waals surface area contributed by atoms with Crippen LogP contribution < -0.4 is 10.2 Å². The zero-order chi connectivity index (χ0) is 22.2. The van der Waals surface area contributed by atoms with Gasteiger partial charge in [0.05, 0.1) is 6.42 Å². The molecule has 0 aliphatic carbocycles. The van der Waals surface area contributed by atoms with Crippen molar-refractivity contribution in [3.63, 3.8) is 0 Å². The van der Waals surface area contributed by atoms with Gasteiger partial charge in [-0.3, -0.25) is 9.59 Å². The smallest absolute Gasteiger partial charge is 0.246 e. The average Bonchev–Trinajstić information content (AvgIpc) is 2.78. The van der Waals surface area contributed by atoms with Gasteiger partial charge in [-0.2, -0.15) is 0 Å². The van der Waals surface area contributed by atoms with Crippen LogP contribution in [0.25, 0.3) is 0 Å². The fraction of sp³-hybridized carbons (Fsp3) is 0.231. The molecule has 0 aliphatic heterocycles. The van der Waals surface area contributed by atoms with E-state index >= 15 is 0 Å². The summed E-state index contributed by atoms with van der Waals surface area (Å²) in [4.78, 5) is 29.8. The SMILES string of the molecule is CC(C(=O)Nc1ccc(N(C)C)cc1)N(Cc1ccccc1)C(=O)Cc1ccccc1. The van der Waals surface area contributed by atoms with E-state index in [1.165, 1.54) is 0 Å². The molecular formula is C26H29N3O2. The third kappa shape index (κ3) is 6.19. The molecule has 0 radical (unpaired) electrons. The molecule has 0 aliphatic rings. The molecular weight excluding hydrogens is 386 g/mol. The topological polar surface area (TPSA) is 52.7 Å². The van der Waals surface area contributed by atoms with Crippen LogP contribution >= 0.6 is 0 Å². The lowest BCUT2D eigenvalue weighted by atomic mass is 10.1. The Hall–Kier alpha value is -3.60. The minimum absolute atomic E-state index is 0.0827. The number of carbonyl (C=O) groups excluding carboxylic acids is 2. The van der Waals surface area contributed by atoms with Crippen molar-refractivity contribution in [3.8, 4) is 0 Å². The quantitative estimate of drug-likeness (QED) is 0.595. The summed E-state index contributed by atoms with van der Waals surface area (Å²) < 4.78 is 0. The molecule has 0 saturated carbocycles. The van der Waals surface area contributed by atoms with Crippen molar-refractivity contribution in [1.82, 2.24) is 4.90 Å². The number of carbonyl (C=O) groups is 2. The lowest BCUT2D eigenvalue weighted by Gasteiger charge is -2.29. The molecule has 0 spiro atoms. The first-order valence-electron chi connectivity index (χ1n) is 10.4. The highest BCUT2D eigenvalue weighted by Gasteiger charge is 2.26. The van der Waals surface area contributed by atoms with Gasteiger partial charge in [0, 0.05) is 32.0 Å². The Kier molecular flexibility index (Phi) is 7.44. The summed E-state index contributed by atoms with van der Waals surface area (Å²) in [6.45, 7) is 2.15. The van der Waals surface area contributed by atoms with E-state index in [0.29, 0.717) is 12.2 Å². The number of benzene rings is 3. The maximum Gasteiger partial charge on any atom is 0.246 e. The van der Waals surface area contributed by atoms with Gasteiger partial charge in [-0.05, 0) is 42.3 Å². The molecule has 31 heavy (non-hydrogen) atoms. The van der Waals surface area contributed by atoms with Crippen molar-refractivity contribution in [3.05, 3.63) is 96.1 Å². The molecule has 0 bridgehead atoms. The minimum atomic E-state index is -0.620. The van der Waals surface area contributed by atoms with Gasteiger partial charge in [-0.25, -0.2) is 0 Å². The predicted octanol–water partition coefficient (Wildman–Crippen LogP) is 4.35. The Morgan fingerprint density at radius 3 is 1.90 bits per heavy atom. The first-order valence-corrected chi connectivity index (χ1v) is 10.4. The first kappa shape index (κ1) is 22.1. The summed E-state index contributed by atoms with van der Waals surface area (Å²) >= 11 is 0. The molecule has 1 atom stereocenters. The van der Waals surface area contributed by atoms with Crippen molar-refractivity contribution in [2.75, 3.05) is 24.3 Å². The highest BCUT2D eigenvalue weighted by Crippen LogP contribution is 2.18. The summed E-state index contributed by atoms with van der Waals surface area (Å²) in [7, 11) is 3.94. The van der Waals surface area contributed by atoms with E-state index in [1.807, 2.05) is 104 Å². The normalized spacial score (nSPS) is 11.5. The van der Waals surface area contributed by atoms with E-state index in [0.717, 1.165) is 16.8 Å². The number of nitrogens with zero attached hydrogens (tertiary/aromatic N) is 2. The summed E-state index contributed by atoms with van der Waals surface area (Å²) in [5, 5.41) is 2.94. The second kappa shape index (κ2) is 10.4. The lowest BCUT2D eigenvalue weighted by Crippen LogP contribution is -2.45. The highest BCUT2D eigenvalue weighted by molar-refractivity contribution is 5.97. The number of hydrogen-bond acceptors (Lipinski definition) is 3. The van der Waals surface area contributed by atoms with Gasteiger partial charge >= 0.3 is 0 Å². The fourth-order valence-corrected chi connectivity index (χ4v) is 3.32. The van der Waals surface area contributed by atoms with Gasteiger partial charge in [0.1, 0.15) is 6.04 Å². The van der Waals surface area contributed by atoms with Gasteiger partial charge in [0.25, 0.3) is 0 Å². The van der Waals surface area contributed by atoms with Crippen LogP contribution in [0.15, 0.2) is 84.9 Å². The zero-order valence-corrected chi connectivity index (χ0v) is 18.3. The van der Waals surface area contributed by atoms with Crippen LogP contribution in [0.2, 0.25) is 0 Å². The standard InChI is InChI=1S/C26H29N3O2/c1-20(26(31)27-23-14-16-24(17-15-23)28(2)3)29(19-22-12-8-5-9-13-22)25(30)18-21-10-6-4-7-11-21/h4-17,20H,18-19H2,1-3H3,(H,27,31). The van der Waals surface area contributed by atoms with Crippen LogP contribution in [0.5, 0.6) is 0 Å². The van der Waals surface area contributed by atoms with Crippen molar-refractivity contribution >= 4 is 23.2 Å². The van der Waals surface area contributed by atoms with E-state index < -0.39 is 6.04 Å². The maximum atomic E-state index is 13.2. The molecule has 5 heteroatoms. The van der Waals surface area contributed by atoms with Gasteiger partial charge in [-0.1, -0.05) is 60.7 Å². The van der Waals surface area contributed by atoms with Crippen molar-refractivity contribution < 1.29 is 9.59 Å². The third-order valence-corrected chi connectivity index (χ3v) is 5.21. The van der Waals surface area contributed by atoms with E-state index in [9.17, 15) is 9.59 Å². The Labute approximate surface area is 184 Å². The maximum absolute atomic E-state index is 13.2. The first-order chi connectivity index (χ1) is 14.9. The van der Waals surface area contributed by atoms with Crippen molar-refractivity contribution in [1.29, 1.82) is 0 Å². The molecule has 3 aromatic carbocycles. The van der Waals surface area contributed by atoms with Gasteiger partial charge in [0.2, 0.25) is 11.8 Å². The molecule has 3 rings (SSSR count). The molecule has 1 N–H and O–H groups in total. The van der Waals surface area contributed by atoms with Crippen LogP contribution in [-0.2, 0) is 22.6 Å². The molecule has 1 unspecified atom stereocenters. The van der Waals surface area contributed by atoms with E-state index in [4.69, 9.17) is 0 Å². The predicted molar refractivity (Wildman–Crippen MR) is 126 cm³/mol. The highest BCUT2D eigenvalue weighted by atomic mass is 16.2. The number of rotatable bonds is 8. The summed E-state index contributed by atoms with van der Waals surface area (Å²) in [5.41, 5.74) is 3.67. The molecule has 0 saturated heterocycles. The number of amides is 2. The van der Waals surface area contributed by atoms with Gasteiger partial charge in [-0.15, -0.1) is 0 Å². The van der Waals surface area contributed by atoms with Gasteiger partial charge in [0.15, 0.2) is 0 Å². The average molecular weight is 416 g/mol. The molecule has 0 fully saturated rings. The van der Waals surface area contributed by atoms with Crippen LogP contribution in [0.1, 0.15) is 18.1 Å². The van der Waals surface area contributed by atoms with E-state index in [2.05, 4.69) is 5.32 Å². The molecule has 3 aromatic rings. The Bertz CT molecular complexity index is 986. The molecule has 0 heterocycles. The summed E-state index contributed by atoms with van der Waals surface area (Å²) in [6.07, 6.45) is 0.253. The zero-order valence-electron chi connectivity index (χ0n) is 18.3. The largest absolute Gasteiger partial charge is 0.378 e. The number of hydrogen-bond donors (Lipinski definition) is 1. The Morgan fingerprint density at radius 1 is 0.806 bits per heavy atom. The number of anilines is 2. The Balaban J connectivity index is 1.76. The second-order valence-corrected chi connectivity index (χ2v) is 7.78. The summed E-state index contributed by atoms with van der Waals surface area (Å²) in [6, 6.07) is 26.4. The lowest BCUT2D eigenvalue weighted by molar-refractivity contribution is -0.138. The van der Waals surface area contributed by atoms with E-state index in [-0.39, 0.29) is 18.2 Å². The van der Waals surface area contributed by atoms with Crippen LogP contribution in [0.3, 0.4) is 0 Å². The Morgan fingerprint density at radius 2 is 1.35 bits per heavy atom. The minimum Gasteiger partial charge on any atom is -0.378 e. The van der Waals surface area contributed by atoms with Crippen LogP contribution in [0, 0.1) is 0 Å². The fourth-order valence-electron chi connectivity index (χ4n) is 3.32. The third-order valence-electron chi connectivity index (χ3n) is 5.21. The molecule has 5 nitrogen and oxygen atoms in total. The second-order valence-electron chi connectivity index (χ2n) is 7.78. The molecule has 0 aromatic heterocycles. The van der Waals surface area contributed by atoms with E-state index in [1.54, 1.807) is 11.8 Å². The van der Waals surface area contributed by atoms with Crippen molar-refractivity contribution in [2.24, 2.45) is 0 Å². The van der Waals surface area contributed by atoms with Crippen LogP contribution in [-0.4, -0.2) is 36.9 Å². The van der Waals surface area contributed by atoms with Gasteiger partial charge < -0.3 is 15.1 Å². The monoisotopic (exact) mass is 415 g/mol.